The lowest BCUT2D eigenvalue weighted by Gasteiger charge is -2.27. The van der Waals surface area contributed by atoms with E-state index in [1.54, 1.807) is 13.0 Å². The van der Waals surface area contributed by atoms with Crippen molar-refractivity contribution < 1.29 is 28.4 Å². The number of hydrogen-bond acceptors (Lipinski definition) is 7. The second-order valence-electron chi connectivity index (χ2n) is 7.44. The molecule has 9 heteroatoms. The third-order valence-electron chi connectivity index (χ3n) is 5.15. The van der Waals surface area contributed by atoms with Crippen LogP contribution in [0.1, 0.15) is 40.4 Å². The maximum Gasteiger partial charge on any atom is 0.305 e. The van der Waals surface area contributed by atoms with E-state index in [2.05, 4.69) is 15.5 Å². The Balaban J connectivity index is 1.79. The van der Waals surface area contributed by atoms with Crippen LogP contribution in [0.2, 0.25) is 0 Å². The molecule has 4 rings (SSSR count). The number of fused-ring (bicyclic) bond motifs is 1. The largest absolute Gasteiger partial charge is 0.481 e. The van der Waals surface area contributed by atoms with E-state index in [-0.39, 0.29) is 18.7 Å². The summed E-state index contributed by atoms with van der Waals surface area (Å²) in [5, 5.41) is 16.6. The van der Waals surface area contributed by atoms with Crippen LogP contribution in [0.5, 0.6) is 0 Å². The van der Waals surface area contributed by atoms with Gasteiger partial charge < -0.3 is 24.1 Å². The van der Waals surface area contributed by atoms with E-state index in [0.717, 1.165) is 11.3 Å². The molecule has 1 unspecified atom stereocenters. The van der Waals surface area contributed by atoms with Gasteiger partial charge in [0, 0.05) is 12.2 Å². The van der Waals surface area contributed by atoms with Gasteiger partial charge in [-0.2, -0.15) is 0 Å². The van der Waals surface area contributed by atoms with Gasteiger partial charge in [-0.1, -0.05) is 5.16 Å². The van der Waals surface area contributed by atoms with Crippen molar-refractivity contribution in [3.63, 3.8) is 0 Å². The number of aliphatic carboxylic acids is 1. The number of pyridine rings is 1. The van der Waals surface area contributed by atoms with Crippen molar-refractivity contribution in [2.24, 2.45) is 0 Å². The van der Waals surface area contributed by atoms with Crippen molar-refractivity contribution in [1.29, 1.82) is 0 Å². The average Bonchev–Trinajstić information content (AvgIpc) is 3.33. The molecule has 0 bridgehead atoms. The van der Waals surface area contributed by atoms with Gasteiger partial charge in [0.25, 0.3) is 11.6 Å². The summed E-state index contributed by atoms with van der Waals surface area (Å²) in [6.07, 6.45) is 0.206. The number of carbonyl (C=O) groups excluding carboxylic acids is 1. The lowest BCUT2D eigenvalue weighted by molar-refractivity contribution is -0.138. The summed E-state index contributed by atoms with van der Waals surface area (Å²) in [6, 6.07) is 3.49. The van der Waals surface area contributed by atoms with Crippen LogP contribution in [-0.2, 0) is 9.53 Å². The first kappa shape index (κ1) is 19.1. The number of amides is 1. The minimum atomic E-state index is -0.998. The lowest BCUT2D eigenvalue weighted by Crippen LogP contribution is -2.50. The molecule has 1 aliphatic rings. The molecule has 1 saturated heterocycles. The van der Waals surface area contributed by atoms with Gasteiger partial charge >= 0.3 is 5.97 Å². The molecule has 3 aromatic heterocycles. The maximum absolute atomic E-state index is 13.2. The van der Waals surface area contributed by atoms with Crippen LogP contribution in [0.25, 0.3) is 22.4 Å². The third kappa shape index (κ3) is 3.49. The van der Waals surface area contributed by atoms with Gasteiger partial charge in [0.2, 0.25) is 0 Å². The maximum atomic E-state index is 13.2. The molecule has 0 radical (unpaired) electrons. The summed E-state index contributed by atoms with van der Waals surface area (Å²) in [5.41, 5.74) is 1.39. The molecule has 0 saturated carbocycles. The Kier molecular flexibility index (Phi) is 4.62. The van der Waals surface area contributed by atoms with Crippen LogP contribution in [-0.4, -0.2) is 45.9 Å². The fraction of sp³-hybridized carbons (Fsp3) is 0.400. The first-order chi connectivity index (χ1) is 13.8. The average molecular weight is 399 g/mol. The first-order valence-electron chi connectivity index (χ1n) is 9.24. The van der Waals surface area contributed by atoms with Crippen molar-refractivity contribution in [1.82, 2.24) is 15.5 Å². The summed E-state index contributed by atoms with van der Waals surface area (Å²) < 4.78 is 16.3. The Labute approximate surface area is 166 Å². The normalized spacial score (nSPS) is 19.0. The zero-order chi connectivity index (χ0) is 20.8. The molecule has 29 heavy (non-hydrogen) atoms. The molecule has 0 aliphatic carbocycles. The van der Waals surface area contributed by atoms with Gasteiger partial charge in [0.15, 0.2) is 0 Å². The molecule has 9 nitrogen and oxygen atoms in total. The zero-order valence-electron chi connectivity index (χ0n) is 16.4. The molecule has 152 valence electrons. The lowest BCUT2D eigenvalue weighted by atomic mass is 9.93. The molecule has 2 N–H and O–H groups in total. The molecular weight excluding hydrogens is 378 g/mol. The van der Waals surface area contributed by atoms with Gasteiger partial charge in [-0.05, 0) is 39.3 Å². The van der Waals surface area contributed by atoms with E-state index in [4.69, 9.17) is 13.7 Å². The Morgan fingerprint density at radius 1 is 1.28 bits per heavy atom. The summed E-state index contributed by atoms with van der Waals surface area (Å²) in [6.45, 7) is 5.91. The molecule has 1 fully saturated rings. The van der Waals surface area contributed by atoms with Gasteiger partial charge in [0.1, 0.15) is 11.5 Å². The number of nitrogens with zero attached hydrogens (tertiary/aromatic N) is 2. The molecule has 0 aromatic carbocycles. The monoisotopic (exact) mass is 399 g/mol. The van der Waals surface area contributed by atoms with Crippen molar-refractivity contribution in [2.75, 3.05) is 13.2 Å². The molecule has 1 amide bonds. The molecule has 1 atom stereocenters. The fourth-order valence-corrected chi connectivity index (χ4v) is 3.78. The Hall–Kier alpha value is -3.20. The van der Waals surface area contributed by atoms with Crippen LogP contribution < -0.4 is 5.32 Å². The number of ether oxygens (including phenoxy) is 1. The number of furan rings is 1. The number of nitrogens with one attached hydrogen (secondary N) is 1. The van der Waals surface area contributed by atoms with Crippen LogP contribution in [0.3, 0.4) is 0 Å². The van der Waals surface area contributed by atoms with E-state index in [0.29, 0.717) is 41.1 Å². The minimum Gasteiger partial charge on any atom is -0.481 e. The molecule has 0 spiro atoms. The van der Waals surface area contributed by atoms with E-state index in [1.807, 2.05) is 19.9 Å². The number of aryl methyl sites for hydroxylation is 3. The quantitative estimate of drug-likeness (QED) is 0.670. The van der Waals surface area contributed by atoms with Crippen molar-refractivity contribution in [3.8, 4) is 11.3 Å². The van der Waals surface area contributed by atoms with E-state index >= 15 is 0 Å². The number of carbonyl (C=O) groups is 2. The van der Waals surface area contributed by atoms with Crippen LogP contribution in [0, 0.1) is 20.8 Å². The molecular formula is C20H21N3O6. The predicted octanol–water partition coefficient (Wildman–Crippen LogP) is 2.77. The predicted molar refractivity (Wildman–Crippen MR) is 102 cm³/mol. The number of hydrogen-bond donors (Lipinski definition) is 2. The Morgan fingerprint density at radius 2 is 2.07 bits per heavy atom. The number of carboxylic acids is 1. The van der Waals surface area contributed by atoms with Gasteiger partial charge in [0.05, 0.1) is 40.9 Å². The van der Waals surface area contributed by atoms with E-state index in [9.17, 15) is 14.7 Å². The number of rotatable bonds is 5. The SMILES string of the molecule is Cc1cc(-c2cc(C(=O)NC3(CC(=O)O)CCOC3)c3c(C)noc3n2)c(C)o1. The standard InChI is InChI=1S/C20H21N3O6/c1-10-6-13(12(3)28-10)15-7-14(17-11(2)23-29-19(17)21-15)18(26)22-20(8-16(24)25)4-5-27-9-20/h6-7H,4-5,8-9H2,1-3H3,(H,22,26)(H,24,25). The van der Waals surface area contributed by atoms with Crippen LogP contribution >= 0.6 is 0 Å². The highest BCUT2D eigenvalue weighted by Gasteiger charge is 2.39. The summed E-state index contributed by atoms with van der Waals surface area (Å²) >= 11 is 0. The second kappa shape index (κ2) is 7.00. The highest BCUT2D eigenvalue weighted by atomic mass is 16.5. The number of carboxylic acid groups (broad SMARTS) is 1. The fourth-order valence-electron chi connectivity index (χ4n) is 3.78. The van der Waals surface area contributed by atoms with E-state index in [1.165, 1.54) is 0 Å². The summed E-state index contributed by atoms with van der Waals surface area (Å²) in [4.78, 5) is 29.1. The third-order valence-corrected chi connectivity index (χ3v) is 5.15. The van der Waals surface area contributed by atoms with Crippen LogP contribution in [0.4, 0.5) is 0 Å². The van der Waals surface area contributed by atoms with Crippen LogP contribution in [0.15, 0.2) is 21.1 Å². The molecule has 1 aliphatic heterocycles. The van der Waals surface area contributed by atoms with E-state index < -0.39 is 17.4 Å². The highest BCUT2D eigenvalue weighted by molar-refractivity contribution is 6.07. The Morgan fingerprint density at radius 3 is 2.69 bits per heavy atom. The first-order valence-corrected chi connectivity index (χ1v) is 9.24. The van der Waals surface area contributed by atoms with Gasteiger partial charge in [-0.15, -0.1) is 0 Å². The topological polar surface area (TPSA) is 128 Å². The van der Waals surface area contributed by atoms with Gasteiger partial charge in [-0.3, -0.25) is 9.59 Å². The molecule has 4 heterocycles. The minimum absolute atomic E-state index is 0.148. The Bertz CT molecular complexity index is 1110. The number of aromatic nitrogens is 2. The molecule has 3 aromatic rings. The zero-order valence-corrected chi connectivity index (χ0v) is 16.4. The van der Waals surface area contributed by atoms with Crippen molar-refractivity contribution in [2.45, 2.75) is 39.2 Å². The smallest absolute Gasteiger partial charge is 0.305 e. The van der Waals surface area contributed by atoms with Gasteiger partial charge in [-0.25, -0.2) is 4.98 Å². The summed E-state index contributed by atoms with van der Waals surface area (Å²) in [7, 11) is 0. The van der Waals surface area contributed by atoms with Crippen molar-refractivity contribution >= 4 is 23.0 Å². The summed E-state index contributed by atoms with van der Waals surface area (Å²) in [5.74, 6) is -0.0252. The highest BCUT2D eigenvalue weighted by Crippen LogP contribution is 2.31. The second-order valence-corrected chi connectivity index (χ2v) is 7.44. The van der Waals surface area contributed by atoms with Crippen molar-refractivity contribution in [3.05, 3.63) is 34.9 Å².